The number of esters is 1. The molecule has 15 heavy (non-hydrogen) atoms. The number of ether oxygens (including phenoxy) is 1. The van der Waals surface area contributed by atoms with Gasteiger partial charge in [-0.2, -0.15) is 0 Å². The van der Waals surface area contributed by atoms with E-state index in [0.717, 1.165) is 15.1 Å². The van der Waals surface area contributed by atoms with E-state index in [9.17, 15) is 4.79 Å². The Balaban J connectivity index is 2.47. The fourth-order valence-electron chi connectivity index (χ4n) is 0.981. The van der Waals surface area contributed by atoms with Gasteiger partial charge in [0.2, 0.25) is 0 Å². The van der Waals surface area contributed by atoms with Crippen LogP contribution in [0.3, 0.4) is 0 Å². The minimum absolute atomic E-state index is 0.186. The molecule has 0 amide bonds. The summed E-state index contributed by atoms with van der Waals surface area (Å²) in [5, 5.41) is 0. The Morgan fingerprint density at radius 1 is 1.60 bits per heavy atom. The van der Waals surface area contributed by atoms with Crippen LogP contribution in [-0.4, -0.2) is 18.8 Å². The van der Waals surface area contributed by atoms with Gasteiger partial charge in [-0.1, -0.05) is 0 Å². The van der Waals surface area contributed by atoms with Gasteiger partial charge in [0, 0.05) is 20.8 Å². The van der Waals surface area contributed by atoms with Crippen LogP contribution in [0.25, 0.3) is 0 Å². The highest BCUT2D eigenvalue weighted by atomic mass is 79.9. The van der Waals surface area contributed by atoms with Crippen molar-refractivity contribution in [2.24, 2.45) is 0 Å². The van der Waals surface area contributed by atoms with E-state index < -0.39 is 0 Å². The third-order valence-corrected chi connectivity index (χ3v) is 3.74. The van der Waals surface area contributed by atoms with Gasteiger partial charge in [-0.3, -0.25) is 4.79 Å². The molecule has 5 heteroatoms. The fourth-order valence-corrected chi connectivity index (χ4v) is 2.57. The van der Waals surface area contributed by atoms with Crippen LogP contribution < -0.4 is 5.73 Å². The van der Waals surface area contributed by atoms with E-state index in [-0.39, 0.29) is 5.97 Å². The number of carbonyl (C=O) groups is 1. The van der Waals surface area contributed by atoms with E-state index in [0.29, 0.717) is 12.2 Å². The summed E-state index contributed by atoms with van der Waals surface area (Å²) in [6.07, 6.45) is 0.415. The minimum Gasteiger partial charge on any atom is -0.469 e. The third-order valence-electron chi connectivity index (χ3n) is 1.75. The molecule has 1 aromatic rings. The first-order chi connectivity index (χ1) is 7.13. The van der Waals surface area contributed by atoms with Crippen LogP contribution in [0.5, 0.6) is 0 Å². The lowest BCUT2D eigenvalue weighted by atomic mass is 10.3. The Morgan fingerprint density at radius 2 is 2.33 bits per heavy atom. The van der Waals surface area contributed by atoms with Crippen molar-refractivity contribution in [3.05, 3.63) is 22.7 Å². The van der Waals surface area contributed by atoms with Crippen molar-refractivity contribution < 1.29 is 9.53 Å². The van der Waals surface area contributed by atoms with Gasteiger partial charge < -0.3 is 10.5 Å². The fraction of sp³-hybridized carbons (Fsp3) is 0.300. The molecule has 82 valence electrons. The lowest BCUT2D eigenvalue weighted by Crippen LogP contribution is -2.00. The van der Waals surface area contributed by atoms with E-state index in [1.165, 1.54) is 7.11 Å². The highest BCUT2D eigenvalue weighted by Crippen LogP contribution is 2.29. The number of carbonyl (C=O) groups excluding carboxylic acids is 1. The van der Waals surface area contributed by atoms with Crippen molar-refractivity contribution >= 4 is 39.3 Å². The first-order valence-electron chi connectivity index (χ1n) is 4.38. The molecule has 0 saturated carbocycles. The maximum Gasteiger partial charge on any atom is 0.306 e. The average molecular weight is 290 g/mol. The summed E-state index contributed by atoms with van der Waals surface area (Å²) in [5.41, 5.74) is 6.33. The van der Waals surface area contributed by atoms with Crippen molar-refractivity contribution in [1.29, 1.82) is 0 Å². The molecule has 0 radical (unpaired) electrons. The van der Waals surface area contributed by atoms with Gasteiger partial charge >= 0.3 is 5.97 Å². The molecule has 0 saturated heterocycles. The Labute approximate surface area is 101 Å². The van der Waals surface area contributed by atoms with Crippen LogP contribution in [0.15, 0.2) is 27.6 Å². The summed E-state index contributed by atoms with van der Waals surface area (Å²) in [7, 11) is 1.39. The lowest BCUT2D eigenvalue weighted by molar-refractivity contribution is -0.140. The SMILES string of the molecule is COC(=O)CCSc1ccc(N)cc1Br. The second kappa shape index (κ2) is 6.02. The molecule has 2 N–H and O–H groups in total. The van der Waals surface area contributed by atoms with Gasteiger partial charge in [0.05, 0.1) is 13.5 Å². The summed E-state index contributed by atoms with van der Waals surface area (Å²) in [6.45, 7) is 0. The smallest absolute Gasteiger partial charge is 0.306 e. The number of methoxy groups -OCH3 is 1. The highest BCUT2D eigenvalue weighted by molar-refractivity contribution is 9.10. The molecule has 0 heterocycles. The van der Waals surface area contributed by atoms with Crippen LogP contribution in [0.4, 0.5) is 5.69 Å². The number of rotatable bonds is 4. The Kier molecular flexibility index (Phi) is 4.98. The highest BCUT2D eigenvalue weighted by Gasteiger charge is 2.04. The zero-order valence-electron chi connectivity index (χ0n) is 8.33. The molecular formula is C10H12BrNO2S. The molecule has 0 bridgehead atoms. The molecule has 0 fully saturated rings. The Hall–Kier alpha value is -0.680. The number of halogens is 1. The Bertz CT molecular complexity index is 357. The number of hydrogen-bond acceptors (Lipinski definition) is 4. The molecule has 1 rings (SSSR count). The van der Waals surface area contributed by atoms with E-state index in [1.807, 2.05) is 18.2 Å². The molecular weight excluding hydrogens is 278 g/mol. The molecule has 0 unspecified atom stereocenters. The zero-order valence-corrected chi connectivity index (χ0v) is 10.7. The zero-order chi connectivity index (χ0) is 11.3. The standard InChI is InChI=1S/C10H12BrNO2S/c1-14-10(13)4-5-15-9-3-2-7(12)6-8(9)11/h2-3,6H,4-5,12H2,1H3. The topological polar surface area (TPSA) is 52.3 Å². The van der Waals surface area contributed by atoms with Crippen LogP contribution in [0.2, 0.25) is 0 Å². The molecule has 3 nitrogen and oxygen atoms in total. The van der Waals surface area contributed by atoms with E-state index in [1.54, 1.807) is 11.8 Å². The average Bonchev–Trinajstić information content (AvgIpc) is 2.21. The first-order valence-corrected chi connectivity index (χ1v) is 6.16. The normalized spacial score (nSPS) is 10.0. The predicted octanol–water partition coefficient (Wildman–Crippen LogP) is 2.69. The summed E-state index contributed by atoms with van der Waals surface area (Å²) >= 11 is 5.01. The number of thioether (sulfide) groups is 1. The maximum absolute atomic E-state index is 10.9. The third kappa shape index (κ3) is 4.13. The first kappa shape index (κ1) is 12.4. The van der Waals surface area contributed by atoms with Crippen LogP contribution in [0, 0.1) is 0 Å². The molecule has 0 aromatic heterocycles. The second-order valence-electron chi connectivity index (χ2n) is 2.86. The van der Waals surface area contributed by atoms with Crippen LogP contribution in [-0.2, 0) is 9.53 Å². The number of hydrogen-bond donors (Lipinski definition) is 1. The molecule has 0 aliphatic heterocycles. The van der Waals surface area contributed by atoms with Gasteiger partial charge in [0.1, 0.15) is 0 Å². The van der Waals surface area contributed by atoms with E-state index in [2.05, 4.69) is 20.7 Å². The van der Waals surface area contributed by atoms with Gasteiger partial charge in [-0.05, 0) is 34.1 Å². The van der Waals surface area contributed by atoms with Gasteiger partial charge in [-0.15, -0.1) is 11.8 Å². The number of benzene rings is 1. The van der Waals surface area contributed by atoms with Gasteiger partial charge in [0.15, 0.2) is 0 Å². The van der Waals surface area contributed by atoms with Crippen LogP contribution in [0.1, 0.15) is 6.42 Å². The molecule has 1 aromatic carbocycles. The number of nitrogen functional groups attached to an aromatic ring is 1. The summed E-state index contributed by atoms with van der Waals surface area (Å²) in [5.74, 6) is 0.518. The summed E-state index contributed by atoms with van der Waals surface area (Å²) < 4.78 is 5.51. The van der Waals surface area contributed by atoms with E-state index in [4.69, 9.17) is 5.73 Å². The van der Waals surface area contributed by atoms with Crippen molar-refractivity contribution in [2.75, 3.05) is 18.6 Å². The number of anilines is 1. The van der Waals surface area contributed by atoms with Gasteiger partial charge in [0.25, 0.3) is 0 Å². The van der Waals surface area contributed by atoms with Gasteiger partial charge in [-0.25, -0.2) is 0 Å². The minimum atomic E-state index is -0.186. The molecule has 0 spiro atoms. The van der Waals surface area contributed by atoms with Crippen molar-refractivity contribution in [3.8, 4) is 0 Å². The Morgan fingerprint density at radius 3 is 2.93 bits per heavy atom. The molecule has 0 aliphatic rings. The van der Waals surface area contributed by atoms with Crippen molar-refractivity contribution in [1.82, 2.24) is 0 Å². The summed E-state index contributed by atoms with van der Waals surface area (Å²) in [4.78, 5) is 12.0. The maximum atomic E-state index is 10.9. The van der Waals surface area contributed by atoms with Crippen molar-refractivity contribution in [3.63, 3.8) is 0 Å². The monoisotopic (exact) mass is 289 g/mol. The second-order valence-corrected chi connectivity index (χ2v) is 4.86. The predicted molar refractivity (Wildman–Crippen MR) is 65.9 cm³/mol. The lowest BCUT2D eigenvalue weighted by Gasteiger charge is -2.04. The quantitative estimate of drug-likeness (QED) is 0.526. The molecule has 0 atom stereocenters. The number of nitrogens with two attached hydrogens (primary N) is 1. The largest absolute Gasteiger partial charge is 0.469 e. The van der Waals surface area contributed by atoms with Crippen molar-refractivity contribution in [2.45, 2.75) is 11.3 Å². The van der Waals surface area contributed by atoms with Crippen LogP contribution >= 0.6 is 27.7 Å². The molecule has 0 aliphatic carbocycles. The summed E-state index contributed by atoms with van der Waals surface area (Å²) in [6, 6.07) is 5.62. The van der Waals surface area contributed by atoms with E-state index >= 15 is 0 Å².